The molecule has 4 heteroatoms. The summed E-state index contributed by atoms with van der Waals surface area (Å²) in [5.41, 5.74) is 5.64. The molecule has 1 heterocycles. The summed E-state index contributed by atoms with van der Waals surface area (Å²) in [7, 11) is 0. The summed E-state index contributed by atoms with van der Waals surface area (Å²) in [4.78, 5) is 13.3. The molecule has 2 N–H and O–H groups in total. The Morgan fingerprint density at radius 1 is 1.67 bits per heavy atom. The van der Waals surface area contributed by atoms with Gasteiger partial charge >= 0.3 is 0 Å². The number of rotatable bonds is 2. The van der Waals surface area contributed by atoms with Crippen LogP contribution in [-0.2, 0) is 4.79 Å². The lowest BCUT2D eigenvalue weighted by molar-refractivity contribution is -0.130. The van der Waals surface area contributed by atoms with E-state index in [2.05, 4.69) is 0 Å². The van der Waals surface area contributed by atoms with Gasteiger partial charge in [-0.05, 0) is 6.92 Å². The van der Waals surface area contributed by atoms with Crippen molar-refractivity contribution in [3.63, 3.8) is 0 Å². The fourth-order valence-corrected chi connectivity index (χ4v) is 2.13. The van der Waals surface area contributed by atoms with Crippen molar-refractivity contribution in [2.45, 2.75) is 19.4 Å². The van der Waals surface area contributed by atoms with E-state index in [1.165, 1.54) is 0 Å². The van der Waals surface area contributed by atoms with Crippen molar-refractivity contribution in [1.29, 1.82) is 0 Å². The van der Waals surface area contributed by atoms with E-state index in [1.807, 2.05) is 23.6 Å². The fourth-order valence-electron chi connectivity index (χ4n) is 1.26. The van der Waals surface area contributed by atoms with Crippen LogP contribution in [0.15, 0.2) is 0 Å². The van der Waals surface area contributed by atoms with Gasteiger partial charge in [-0.1, -0.05) is 0 Å². The zero-order chi connectivity index (χ0) is 8.97. The molecule has 0 radical (unpaired) electrons. The molecule has 3 nitrogen and oxygen atoms in total. The van der Waals surface area contributed by atoms with Crippen molar-refractivity contribution < 1.29 is 4.79 Å². The highest BCUT2D eigenvalue weighted by molar-refractivity contribution is 7.99. The third-order valence-corrected chi connectivity index (χ3v) is 2.79. The average Bonchev–Trinajstić information content (AvgIpc) is 2.16. The van der Waals surface area contributed by atoms with Gasteiger partial charge in [-0.15, -0.1) is 0 Å². The number of amides is 1. The summed E-state index contributed by atoms with van der Waals surface area (Å²) >= 11 is 1.85. The lowest BCUT2D eigenvalue weighted by atomic mass is 10.3. The predicted octanol–water partition coefficient (Wildman–Crippen LogP) is 0.299. The van der Waals surface area contributed by atoms with E-state index in [4.69, 9.17) is 5.73 Å². The second-order valence-electron chi connectivity index (χ2n) is 3.18. The Bertz CT molecular complexity index is 161. The van der Waals surface area contributed by atoms with Crippen molar-refractivity contribution in [2.24, 2.45) is 5.73 Å². The molecular formula is C8H16N2OS. The summed E-state index contributed by atoms with van der Waals surface area (Å²) < 4.78 is 0. The lowest BCUT2D eigenvalue weighted by Gasteiger charge is -2.21. The van der Waals surface area contributed by atoms with Crippen LogP contribution in [-0.4, -0.2) is 41.4 Å². The van der Waals surface area contributed by atoms with E-state index in [0.717, 1.165) is 18.1 Å². The van der Waals surface area contributed by atoms with Gasteiger partial charge in [-0.3, -0.25) is 4.79 Å². The van der Waals surface area contributed by atoms with Crippen molar-refractivity contribution in [3.8, 4) is 0 Å². The van der Waals surface area contributed by atoms with E-state index in [9.17, 15) is 4.79 Å². The van der Waals surface area contributed by atoms with Gasteiger partial charge in [0.2, 0.25) is 5.91 Å². The van der Waals surface area contributed by atoms with Gasteiger partial charge in [0.05, 0.1) is 0 Å². The average molecular weight is 188 g/mol. The number of carbonyl (C=O) groups excluding carboxylic acids is 1. The quantitative estimate of drug-likeness (QED) is 0.678. The molecule has 0 saturated carbocycles. The van der Waals surface area contributed by atoms with Crippen molar-refractivity contribution >= 4 is 17.7 Å². The minimum atomic E-state index is 0.0945. The molecule has 12 heavy (non-hydrogen) atoms. The molecule has 1 amide bonds. The van der Waals surface area contributed by atoms with Crippen molar-refractivity contribution in [3.05, 3.63) is 0 Å². The summed E-state index contributed by atoms with van der Waals surface area (Å²) in [6.07, 6.45) is 0.678. The molecule has 0 aromatic rings. The minimum Gasteiger partial charge on any atom is -0.340 e. The molecule has 1 fully saturated rings. The van der Waals surface area contributed by atoms with Gasteiger partial charge in [0.1, 0.15) is 0 Å². The summed E-state index contributed by atoms with van der Waals surface area (Å²) in [5, 5.41) is 0. The predicted molar refractivity (Wildman–Crippen MR) is 52.2 cm³/mol. The molecule has 1 aliphatic heterocycles. The first-order valence-corrected chi connectivity index (χ1v) is 5.46. The fraction of sp³-hybridized carbons (Fsp3) is 0.875. The van der Waals surface area contributed by atoms with E-state index in [0.29, 0.717) is 13.0 Å². The normalized spacial score (nSPS) is 22.2. The Morgan fingerprint density at radius 3 is 3.08 bits per heavy atom. The van der Waals surface area contributed by atoms with Crippen LogP contribution in [0, 0.1) is 0 Å². The monoisotopic (exact) mass is 188 g/mol. The van der Waals surface area contributed by atoms with Crippen LogP contribution in [0.5, 0.6) is 0 Å². The Balaban J connectivity index is 2.42. The number of hydrogen-bond acceptors (Lipinski definition) is 3. The summed E-state index contributed by atoms with van der Waals surface area (Å²) in [5.74, 6) is 2.28. The molecule has 0 spiro atoms. The highest BCUT2D eigenvalue weighted by Crippen LogP contribution is 2.10. The molecule has 1 atom stereocenters. The number of thioether (sulfide) groups is 1. The maximum Gasteiger partial charge on any atom is 0.223 e. The largest absolute Gasteiger partial charge is 0.340 e. The third kappa shape index (κ3) is 3.03. The zero-order valence-electron chi connectivity index (χ0n) is 7.45. The van der Waals surface area contributed by atoms with Crippen molar-refractivity contribution in [2.75, 3.05) is 24.6 Å². The number of nitrogens with zero attached hydrogens (tertiary/aromatic N) is 1. The second kappa shape index (κ2) is 4.72. The molecule has 70 valence electrons. The Morgan fingerprint density at radius 2 is 2.42 bits per heavy atom. The first kappa shape index (κ1) is 9.86. The minimum absolute atomic E-state index is 0.0945. The maximum absolute atomic E-state index is 11.4. The van der Waals surface area contributed by atoms with Crippen LogP contribution < -0.4 is 5.73 Å². The SMILES string of the molecule is CC(N)CN1CCSCCC1=O. The Labute approximate surface area is 77.7 Å². The van der Waals surface area contributed by atoms with E-state index >= 15 is 0 Å². The van der Waals surface area contributed by atoms with Gasteiger partial charge < -0.3 is 10.6 Å². The standard InChI is InChI=1S/C8H16N2OS/c1-7(9)6-10-3-5-12-4-2-8(10)11/h7H,2-6,9H2,1H3. The highest BCUT2D eigenvalue weighted by atomic mass is 32.2. The highest BCUT2D eigenvalue weighted by Gasteiger charge is 2.16. The first-order valence-electron chi connectivity index (χ1n) is 4.31. The second-order valence-corrected chi connectivity index (χ2v) is 4.40. The number of carbonyl (C=O) groups is 1. The van der Waals surface area contributed by atoms with E-state index < -0.39 is 0 Å². The molecule has 0 aliphatic carbocycles. The topological polar surface area (TPSA) is 46.3 Å². The molecule has 1 unspecified atom stereocenters. The lowest BCUT2D eigenvalue weighted by Crippen LogP contribution is -2.40. The van der Waals surface area contributed by atoms with Crippen LogP contribution in [0.25, 0.3) is 0 Å². The molecule has 0 bridgehead atoms. The van der Waals surface area contributed by atoms with Crippen LogP contribution in [0.4, 0.5) is 0 Å². The summed E-state index contributed by atoms with van der Waals surface area (Å²) in [6, 6.07) is 0.0945. The van der Waals surface area contributed by atoms with Crippen molar-refractivity contribution in [1.82, 2.24) is 4.90 Å². The van der Waals surface area contributed by atoms with E-state index in [-0.39, 0.29) is 11.9 Å². The van der Waals surface area contributed by atoms with Gasteiger partial charge in [0.25, 0.3) is 0 Å². The molecule has 0 aromatic heterocycles. The molecule has 1 saturated heterocycles. The van der Waals surface area contributed by atoms with Gasteiger partial charge in [-0.2, -0.15) is 11.8 Å². The zero-order valence-corrected chi connectivity index (χ0v) is 8.27. The van der Waals surface area contributed by atoms with Crippen LogP contribution in [0.2, 0.25) is 0 Å². The third-order valence-electron chi connectivity index (χ3n) is 1.83. The first-order chi connectivity index (χ1) is 5.70. The molecular weight excluding hydrogens is 172 g/mol. The van der Waals surface area contributed by atoms with E-state index in [1.54, 1.807) is 0 Å². The van der Waals surface area contributed by atoms with Gasteiger partial charge in [0, 0.05) is 37.1 Å². The van der Waals surface area contributed by atoms with Crippen LogP contribution >= 0.6 is 11.8 Å². The molecule has 0 aromatic carbocycles. The molecule has 1 aliphatic rings. The number of nitrogens with two attached hydrogens (primary N) is 1. The van der Waals surface area contributed by atoms with Crippen LogP contribution in [0.1, 0.15) is 13.3 Å². The summed E-state index contributed by atoms with van der Waals surface area (Å²) in [6.45, 7) is 3.51. The smallest absolute Gasteiger partial charge is 0.223 e. The maximum atomic E-state index is 11.4. The van der Waals surface area contributed by atoms with Gasteiger partial charge in [-0.25, -0.2) is 0 Å². The van der Waals surface area contributed by atoms with Gasteiger partial charge in [0.15, 0.2) is 0 Å². The van der Waals surface area contributed by atoms with Crippen LogP contribution in [0.3, 0.4) is 0 Å². The number of hydrogen-bond donors (Lipinski definition) is 1. The Hall–Kier alpha value is -0.220. The Kier molecular flexibility index (Phi) is 3.88. The molecule has 1 rings (SSSR count).